The lowest BCUT2D eigenvalue weighted by Gasteiger charge is -2.29. The van der Waals surface area contributed by atoms with Crippen LogP contribution in [-0.4, -0.2) is 56.1 Å². The number of nitrogens with zero attached hydrogens (tertiary/aromatic N) is 2. The second-order valence-electron chi connectivity index (χ2n) is 6.52. The zero-order chi connectivity index (χ0) is 19.9. The van der Waals surface area contributed by atoms with Crippen molar-refractivity contribution in [3.05, 3.63) is 57.7 Å². The van der Waals surface area contributed by atoms with Crippen molar-refractivity contribution in [1.82, 2.24) is 4.90 Å². The molecule has 1 aliphatic heterocycles. The molecule has 2 aromatic carbocycles. The van der Waals surface area contributed by atoms with Gasteiger partial charge >= 0.3 is 0 Å². The third kappa shape index (κ3) is 5.45. The molecule has 2 aromatic rings. The summed E-state index contributed by atoms with van der Waals surface area (Å²) in [6, 6.07) is 15.1. The van der Waals surface area contributed by atoms with E-state index in [9.17, 15) is 9.59 Å². The maximum Gasteiger partial charge on any atom is 0.254 e. The molecule has 28 heavy (non-hydrogen) atoms. The Morgan fingerprint density at radius 1 is 1.07 bits per heavy atom. The van der Waals surface area contributed by atoms with Crippen LogP contribution in [0.2, 0.25) is 0 Å². The van der Waals surface area contributed by atoms with Gasteiger partial charge in [0.1, 0.15) is 6.54 Å². The Hall–Kier alpha value is -2.13. The molecule has 2 amide bonds. The standard InChI is InChI=1S/C21H24IN3O3/c1-2-24(21(27)16-3-5-17(22)6-4-16)15-20(26)23-18-7-9-19(10-8-18)25-11-13-28-14-12-25/h3-10H,2,11-15H2,1H3,(H,23,26). The molecule has 3 rings (SSSR count). The smallest absolute Gasteiger partial charge is 0.254 e. The Morgan fingerprint density at radius 2 is 1.71 bits per heavy atom. The Labute approximate surface area is 179 Å². The quantitative estimate of drug-likeness (QED) is 0.628. The Morgan fingerprint density at radius 3 is 2.32 bits per heavy atom. The molecular formula is C21H24IN3O3. The monoisotopic (exact) mass is 493 g/mol. The van der Waals surface area contributed by atoms with Crippen molar-refractivity contribution in [2.45, 2.75) is 6.92 Å². The summed E-state index contributed by atoms with van der Waals surface area (Å²) < 4.78 is 6.44. The lowest BCUT2D eigenvalue weighted by Crippen LogP contribution is -2.38. The number of carbonyl (C=O) groups excluding carboxylic acids is 2. The number of nitrogens with one attached hydrogen (secondary N) is 1. The van der Waals surface area contributed by atoms with Crippen LogP contribution in [0.3, 0.4) is 0 Å². The van der Waals surface area contributed by atoms with Crippen LogP contribution in [0.15, 0.2) is 48.5 Å². The molecular weight excluding hydrogens is 469 g/mol. The van der Waals surface area contributed by atoms with Crippen molar-refractivity contribution in [1.29, 1.82) is 0 Å². The number of ether oxygens (including phenoxy) is 1. The highest BCUT2D eigenvalue weighted by atomic mass is 127. The van der Waals surface area contributed by atoms with E-state index in [1.54, 1.807) is 17.0 Å². The van der Waals surface area contributed by atoms with Gasteiger partial charge in [0, 0.05) is 40.1 Å². The van der Waals surface area contributed by atoms with E-state index in [-0.39, 0.29) is 18.4 Å². The Bertz CT molecular complexity index is 803. The van der Waals surface area contributed by atoms with Crippen molar-refractivity contribution in [2.24, 2.45) is 0 Å². The average molecular weight is 493 g/mol. The van der Waals surface area contributed by atoms with Crippen LogP contribution in [0.5, 0.6) is 0 Å². The van der Waals surface area contributed by atoms with Crippen molar-refractivity contribution in [2.75, 3.05) is 49.6 Å². The molecule has 0 saturated carbocycles. The second kappa shape index (κ2) is 9.88. The summed E-state index contributed by atoms with van der Waals surface area (Å²) in [5.41, 5.74) is 2.43. The largest absolute Gasteiger partial charge is 0.378 e. The van der Waals surface area contributed by atoms with Gasteiger partial charge in [0.2, 0.25) is 5.91 Å². The molecule has 0 aliphatic carbocycles. The molecule has 0 atom stereocenters. The van der Waals surface area contributed by atoms with Gasteiger partial charge in [-0.25, -0.2) is 0 Å². The number of halogens is 1. The van der Waals surface area contributed by atoms with E-state index < -0.39 is 0 Å². The van der Waals surface area contributed by atoms with Gasteiger partial charge in [-0.3, -0.25) is 9.59 Å². The highest BCUT2D eigenvalue weighted by molar-refractivity contribution is 14.1. The highest BCUT2D eigenvalue weighted by Gasteiger charge is 2.17. The fourth-order valence-corrected chi connectivity index (χ4v) is 3.41. The molecule has 1 N–H and O–H groups in total. The number of morpholine rings is 1. The molecule has 1 heterocycles. The van der Waals surface area contributed by atoms with Crippen molar-refractivity contribution in [3.8, 4) is 0 Å². The van der Waals surface area contributed by atoms with Gasteiger partial charge < -0.3 is 19.9 Å². The summed E-state index contributed by atoms with van der Waals surface area (Å²) in [7, 11) is 0. The van der Waals surface area contributed by atoms with Crippen LogP contribution in [0.4, 0.5) is 11.4 Å². The lowest BCUT2D eigenvalue weighted by molar-refractivity contribution is -0.116. The normalized spacial score (nSPS) is 13.9. The first-order valence-electron chi connectivity index (χ1n) is 9.34. The lowest BCUT2D eigenvalue weighted by atomic mass is 10.2. The average Bonchev–Trinajstić information content (AvgIpc) is 2.73. The number of hydrogen-bond donors (Lipinski definition) is 1. The molecule has 0 aromatic heterocycles. The van der Waals surface area contributed by atoms with Crippen LogP contribution >= 0.6 is 22.6 Å². The first-order chi connectivity index (χ1) is 13.6. The fraction of sp³-hybridized carbons (Fsp3) is 0.333. The number of benzene rings is 2. The van der Waals surface area contributed by atoms with Gasteiger partial charge in [0.25, 0.3) is 5.91 Å². The molecule has 1 saturated heterocycles. The summed E-state index contributed by atoms with van der Waals surface area (Å²) in [5, 5.41) is 2.88. The van der Waals surface area contributed by atoms with Crippen LogP contribution in [0.25, 0.3) is 0 Å². The summed E-state index contributed by atoms with van der Waals surface area (Å²) in [6.07, 6.45) is 0. The Balaban J connectivity index is 1.57. The minimum atomic E-state index is -0.208. The van der Waals surface area contributed by atoms with Crippen molar-refractivity contribution in [3.63, 3.8) is 0 Å². The van der Waals surface area contributed by atoms with E-state index in [1.165, 1.54) is 0 Å². The van der Waals surface area contributed by atoms with Gasteiger partial charge in [0.15, 0.2) is 0 Å². The molecule has 1 fully saturated rings. The van der Waals surface area contributed by atoms with Crippen LogP contribution in [0.1, 0.15) is 17.3 Å². The fourth-order valence-electron chi connectivity index (χ4n) is 3.05. The highest BCUT2D eigenvalue weighted by Crippen LogP contribution is 2.19. The van der Waals surface area contributed by atoms with Gasteiger partial charge in [-0.2, -0.15) is 0 Å². The van der Waals surface area contributed by atoms with Gasteiger partial charge in [-0.15, -0.1) is 0 Å². The van der Waals surface area contributed by atoms with E-state index in [1.807, 2.05) is 43.3 Å². The molecule has 0 unspecified atom stereocenters. The van der Waals surface area contributed by atoms with Crippen molar-refractivity contribution < 1.29 is 14.3 Å². The summed E-state index contributed by atoms with van der Waals surface area (Å²) >= 11 is 2.20. The van der Waals surface area contributed by atoms with Crippen LogP contribution in [0, 0.1) is 3.57 Å². The van der Waals surface area contributed by atoms with E-state index >= 15 is 0 Å². The predicted molar refractivity (Wildman–Crippen MR) is 119 cm³/mol. The summed E-state index contributed by atoms with van der Waals surface area (Å²) in [4.78, 5) is 28.8. The first kappa shape index (κ1) is 20.6. The zero-order valence-corrected chi connectivity index (χ0v) is 18.0. The SMILES string of the molecule is CCN(CC(=O)Nc1ccc(N2CCOCC2)cc1)C(=O)c1ccc(I)cc1. The number of hydrogen-bond acceptors (Lipinski definition) is 4. The molecule has 7 heteroatoms. The van der Waals surface area contributed by atoms with Crippen LogP contribution < -0.4 is 10.2 Å². The van der Waals surface area contributed by atoms with Gasteiger partial charge in [-0.1, -0.05) is 0 Å². The third-order valence-corrected chi connectivity index (χ3v) is 5.34. The van der Waals surface area contributed by atoms with Gasteiger partial charge in [-0.05, 0) is 78.0 Å². The van der Waals surface area contributed by atoms with E-state index in [0.29, 0.717) is 12.1 Å². The number of carbonyl (C=O) groups is 2. The molecule has 148 valence electrons. The molecule has 0 bridgehead atoms. The summed E-state index contributed by atoms with van der Waals surface area (Å²) in [6.45, 7) is 5.57. The predicted octanol–water partition coefficient (Wildman–Crippen LogP) is 3.23. The first-order valence-corrected chi connectivity index (χ1v) is 10.4. The van der Waals surface area contributed by atoms with E-state index in [2.05, 4.69) is 32.8 Å². The second-order valence-corrected chi connectivity index (χ2v) is 7.77. The zero-order valence-electron chi connectivity index (χ0n) is 15.9. The van der Waals surface area contributed by atoms with Crippen LogP contribution in [-0.2, 0) is 9.53 Å². The summed E-state index contributed by atoms with van der Waals surface area (Å²) in [5.74, 6) is -0.350. The number of likely N-dealkylation sites (N-methyl/N-ethyl adjacent to an activating group) is 1. The third-order valence-electron chi connectivity index (χ3n) is 4.62. The minimum Gasteiger partial charge on any atom is -0.378 e. The van der Waals surface area contributed by atoms with E-state index in [4.69, 9.17) is 4.74 Å². The van der Waals surface area contributed by atoms with Gasteiger partial charge in [0.05, 0.1) is 13.2 Å². The number of amides is 2. The maximum atomic E-state index is 12.6. The molecule has 1 aliphatic rings. The van der Waals surface area contributed by atoms with E-state index in [0.717, 1.165) is 41.2 Å². The maximum absolute atomic E-state index is 12.6. The molecule has 0 spiro atoms. The molecule has 0 radical (unpaired) electrons. The number of rotatable bonds is 6. The Kier molecular flexibility index (Phi) is 7.27. The van der Waals surface area contributed by atoms with Crippen molar-refractivity contribution >= 4 is 45.8 Å². The number of anilines is 2. The molecule has 6 nitrogen and oxygen atoms in total. The topological polar surface area (TPSA) is 61.9 Å². The minimum absolute atomic E-state index is 0.0204.